The first-order valence-corrected chi connectivity index (χ1v) is 7.58. The van der Waals surface area contributed by atoms with Crippen LogP contribution >= 0.6 is 31.9 Å². The van der Waals surface area contributed by atoms with E-state index in [1.807, 2.05) is 19.1 Å². The number of benzene rings is 1. The second-order valence-electron chi connectivity index (χ2n) is 3.85. The molecule has 0 spiro atoms. The summed E-state index contributed by atoms with van der Waals surface area (Å²) in [7, 11) is 3.25. The van der Waals surface area contributed by atoms with E-state index in [1.165, 1.54) is 0 Å². The Kier molecular flexibility index (Phi) is 7.94. The van der Waals surface area contributed by atoms with Crippen molar-refractivity contribution in [1.82, 2.24) is 5.32 Å². The highest BCUT2D eigenvalue weighted by molar-refractivity contribution is 9.11. The molecule has 0 amide bonds. The van der Waals surface area contributed by atoms with Crippen LogP contribution in [0.25, 0.3) is 0 Å². The molecule has 0 saturated heterocycles. The Balaban J connectivity index is 2.60. The van der Waals surface area contributed by atoms with Crippen molar-refractivity contribution in [2.45, 2.75) is 19.8 Å². The summed E-state index contributed by atoms with van der Waals surface area (Å²) >= 11 is 7.03. The van der Waals surface area contributed by atoms with Crippen molar-refractivity contribution in [2.24, 2.45) is 0 Å². The average molecular weight is 397 g/mol. The van der Waals surface area contributed by atoms with Gasteiger partial charge in [-0.25, -0.2) is 0 Å². The highest BCUT2D eigenvalue weighted by Gasteiger charge is 2.09. The topological polar surface area (TPSA) is 39.7 Å². The number of nitrogens with one attached hydrogen (secondary N) is 1. The van der Waals surface area contributed by atoms with Crippen LogP contribution in [0.1, 0.15) is 12.5 Å². The van der Waals surface area contributed by atoms with Gasteiger partial charge in [-0.1, -0.05) is 0 Å². The van der Waals surface area contributed by atoms with Gasteiger partial charge in [0.2, 0.25) is 0 Å². The minimum Gasteiger partial charge on any atom is -0.492 e. The molecular weight excluding hydrogens is 378 g/mol. The van der Waals surface area contributed by atoms with Crippen molar-refractivity contribution in [3.8, 4) is 5.75 Å². The van der Waals surface area contributed by atoms with Gasteiger partial charge in [0.15, 0.2) is 6.29 Å². The van der Waals surface area contributed by atoms with Gasteiger partial charge in [-0.3, -0.25) is 0 Å². The van der Waals surface area contributed by atoms with Gasteiger partial charge in [0, 0.05) is 27.3 Å². The number of rotatable bonds is 8. The zero-order valence-corrected chi connectivity index (χ0v) is 14.5. The lowest BCUT2D eigenvalue weighted by Crippen LogP contribution is -2.29. The van der Waals surface area contributed by atoms with Crippen LogP contribution in [0.4, 0.5) is 0 Å². The van der Waals surface area contributed by atoms with E-state index < -0.39 is 0 Å². The molecular formula is C13H19Br2NO3. The molecule has 0 radical (unpaired) electrons. The van der Waals surface area contributed by atoms with E-state index in [4.69, 9.17) is 14.2 Å². The number of hydrogen-bond donors (Lipinski definition) is 1. The van der Waals surface area contributed by atoms with Gasteiger partial charge in [0.05, 0.1) is 15.6 Å². The van der Waals surface area contributed by atoms with E-state index in [-0.39, 0.29) is 6.29 Å². The molecule has 1 N–H and O–H groups in total. The maximum Gasteiger partial charge on any atom is 0.169 e. The second-order valence-corrected chi connectivity index (χ2v) is 5.56. The molecule has 1 aromatic carbocycles. The Hall–Kier alpha value is -0.140. The van der Waals surface area contributed by atoms with Gasteiger partial charge in [-0.15, -0.1) is 0 Å². The third-order valence-corrected chi connectivity index (χ3v) is 3.69. The molecule has 0 aliphatic rings. The molecule has 0 fully saturated rings. The first-order valence-electron chi connectivity index (χ1n) is 5.99. The Labute approximate surface area is 131 Å². The van der Waals surface area contributed by atoms with Gasteiger partial charge < -0.3 is 19.5 Å². The predicted octanol–water partition coefficient (Wildman–Crippen LogP) is 3.32. The molecule has 4 nitrogen and oxygen atoms in total. The summed E-state index contributed by atoms with van der Waals surface area (Å²) in [6.45, 7) is 3.96. The molecule has 1 rings (SSSR count). The molecule has 6 heteroatoms. The van der Waals surface area contributed by atoms with Crippen LogP contribution in [0.5, 0.6) is 5.75 Å². The van der Waals surface area contributed by atoms with E-state index >= 15 is 0 Å². The smallest absolute Gasteiger partial charge is 0.169 e. The van der Waals surface area contributed by atoms with Crippen molar-refractivity contribution >= 4 is 31.9 Å². The Morgan fingerprint density at radius 2 is 1.74 bits per heavy atom. The van der Waals surface area contributed by atoms with Gasteiger partial charge in [0.25, 0.3) is 0 Å². The molecule has 1 aromatic rings. The summed E-state index contributed by atoms with van der Waals surface area (Å²) in [5, 5.41) is 3.28. The van der Waals surface area contributed by atoms with Crippen LogP contribution in [-0.2, 0) is 16.0 Å². The summed E-state index contributed by atoms with van der Waals surface area (Å²) in [6, 6.07) is 4.08. The van der Waals surface area contributed by atoms with E-state index in [0.717, 1.165) is 26.8 Å². The predicted molar refractivity (Wildman–Crippen MR) is 82.5 cm³/mol. The fourth-order valence-electron chi connectivity index (χ4n) is 1.59. The minimum atomic E-state index is -0.227. The third-order valence-electron chi connectivity index (χ3n) is 2.51. The van der Waals surface area contributed by atoms with Gasteiger partial charge in [-0.05, 0) is 56.5 Å². The summed E-state index contributed by atoms with van der Waals surface area (Å²) in [4.78, 5) is 0. The van der Waals surface area contributed by atoms with Crippen LogP contribution in [0.2, 0.25) is 0 Å². The number of methoxy groups -OCH3 is 2. The summed E-state index contributed by atoms with van der Waals surface area (Å²) in [5.74, 6) is 0.831. The SMILES string of the molecule is CCOc1c(Br)cc(CNCC(OC)OC)cc1Br. The van der Waals surface area contributed by atoms with E-state index in [0.29, 0.717) is 13.2 Å². The first kappa shape index (κ1) is 16.9. The van der Waals surface area contributed by atoms with Crippen LogP contribution < -0.4 is 10.1 Å². The van der Waals surface area contributed by atoms with Crippen LogP contribution in [0.15, 0.2) is 21.1 Å². The molecule has 0 heterocycles. The number of halogens is 2. The van der Waals surface area contributed by atoms with Gasteiger partial charge >= 0.3 is 0 Å². The van der Waals surface area contributed by atoms with Crippen molar-refractivity contribution in [2.75, 3.05) is 27.4 Å². The van der Waals surface area contributed by atoms with E-state index in [2.05, 4.69) is 37.2 Å². The van der Waals surface area contributed by atoms with E-state index in [1.54, 1.807) is 14.2 Å². The fraction of sp³-hybridized carbons (Fsp3) is 0.538. The number of hydrogen-bond acceptors (Lipinski definition) is 4. The van der Waals surface area contributed by atoms with Crippen LogP contribution in [0, 0.1) is 0 Å². The average Bonchev–Trinajstić information content (AvgIpc) is 2.39. The summed E-state index contributed by atoms with van der Waals surface area (Å²) < 4.78 is 17.7. The second kappa shape index (κ2) is 8.92. The molecule has 0 bridgehead atoms. The van der Waals surface area contributed by atoms with Crippen molar-refractivity contribution in [1.29, 1.82) is 0 Å². The minimum absolute atomic E-state index is 0.227. The molecule has 0 atom stereocenters. The maximum absolute atomic E-state index is 5.55. The lowest BCUT2D eigenvalue weighted by atomic mass is 10.2. The van der Waals surface area contributed by atoms with Crippen molar-refractivity contribution in [3.05, 3.63) is 26.6 Å². The standard InChI is InChI=1S/C13H19Br2NO3/c1-4-19-13-10(14)5-9(6-11(13)15)7-16-8-12(17-2)18-3/h5-6,12,16H,4,7-8H2,1-3H3. The molecule has 19 heavy (non-hydrogen) atoms. The van der Waals surface area contributed by atoms with Crippen molar-refractivity contribution in [3.63, 3.8) is 0 Å². The largest absolute Gasteiger partial charge is 0.492 e. The van der Waals surface area contributed by atoms with E-state index in [9.17, 15) is 0 Å². The molecule has 108 valence electrons. The first-order chi connectivity index (χ1) is 9.12. The number of ether oxygens (including phenoxy) is 3. The highest BCUT2D eigenvalue weighted by atomic mass is 79.9. The Morgan fingerprint density at radius 3 is 2.21 bits per heavy atom. The zero-order valence-electron chi connectivity index (χ0n) is 11.3. The normalized spacial score (nSPS) is 11.1. The quantitative estimate of drug-likeness (QED) is 0.684. The maximum atomic E-state index is 5.55. The lowest BCUT2D eigenvalue weighted by molar-refractivity contribution is -0.0989. The highest BCUT2D eigenvalue weighted by Crippen LogP contribution is 2.34. The van der Waals surface area contributed by atoms with Gasteiger partial charge in [0.1, 0.15) is 5.75 Å². The van der Waals surface area contributed by atoms with Crippen LogP contribution in [0.3, 0.4) is 0 Å². The summed E-state index contributed by atoms with van der Waals surface area (Å²) in [6.07, 6.45) is -0.227. The Bertz CT molecular complexity index is 374. The zero-order chi connectivity index (χ0) is 14.3. The summed E-state index contributed by atoms with van der Waals surface area (Å²) in [5.41, 5.74) is 1.15. The van der Waals surface area contributed by atoms with Crippen LogP contribution in [-0.4, -0.2) is 33.7 Å². The fourth-order valence-corrected chi connectivity index (χ4v) is 3.10. The van der Waals surface area contributed by atoms with Gasteiger partial charge in [-0.2, -0.15) is 0 Å². The molecule has 0 aliphatic heterocycles. The molecule has 0 unspecified atom stereocenters. The lowest BCUT2D eigenvalue weighted by Gasteiger charge is -2.15. The monoisotopic (exact) mass is 395 g/mol. The Morgan fingerprint density at radius 1 is 1.16 bits per heavy atom. The van der Waals surface area contributed by atoms with Crippen molar-refractivity contribution < 1.29 is 14.2 Å². The molecule has 0 aromatic heterocycles. The molecule has 0 saturated carbocycles. The third kappa shape index (κ3) is 5.39. The molecule has 0 aliphatic carbocycles.